The molecular weight excluding hydrogens is 341 g/mol. The minimum Gasteiger partial charge on any atom is -0.207 e. The molecule has 0 saturated carbocycles. The van der Waals surface area contributed by atoms with E-state index in [2.05, 4.69) is 4.72 Å². The van der Waals surface area contributed by atoms with Crippen LogP contribution in [-0.4, -0.2) is 8.42 Å². The summed E-state index contributed by atoms with van der Waals surface area (Å²) in [6.45, 7) is 0. The van der Waals surface area contributed by atoms with Crippen LogP contribution in [0, 0.1) is 0 Å². The van der Waals surface area contributed by atoms with Gasteiger partial charge in [0.05, 0.1) is 5.02 Å². The molecule has 0 amide bonds. The first kappa shape index (κ1) is 15.8. The molecule has 0 aromatic heterocycles. The van der Waals surface area contributed by atoms with Crippen molar-refractivity contribution in [3.8, 4) is 0 Å². The maximum Gasteiger partial charge on any atom is 0.242 e. The van der Waals surface area contributed by atoms with Crippen LogP contribution in [0.4, 0.5) is 0 Å². The monoisotopic (exact) mass is 355 g/mol. The van der Waals surface area contributed by atoms with Crippen molar-refractivity contribution in [3.05, 3.63) is 63.6 Å². The molecule has 22 heavy (non-hydrogen) atoms. The molecule has 0 bridgehead atoms. The van der Waals surface area contributed by atoms with E-state index < -0.39 is 10.0 Å². The highest BCUT2D eigenvalue weighted by Gasteiger charge is 2.27. The second-order valence-electron chi connectivity index (χ2n) is 5.34. The van der Waals surface area contributed by atoms with Gasteiger partial charge in [0.25, 0.3) is 0 Å². The van der Waals surface area contributed by atoms with Crippen LogP contribution in [0.25, 0.3) is 0 Å². The summed E-state index contributed by atoms with van der Waals surface area (Å²) in [5.41, 5.74) is 2.23. The Morgan fingerprint density at radius 1 is 1.09 bits per heavy atom. The minimum absolute atomic E-state index is 0.0183. The van der Waals surface area contributed by atoms with E-state index in [9.17, 15) is 8.42 Å². The highest BCUT2D eigenvalue weighted by atomic mass is 35.5. The fourth-order valence-corrected chi connectivity index (χ4v) is 4.82. The van der Waals surface area contributed by atoms with Crippen LogP contribution in [0.1, 0.15) is 30.0 Å². The van der Waals surface area contributed by atoms with Crippen LogP contribution >= 0.6 is 23.2 Å². The van der Waals surface area contributed by atoms with Crippen LogP contribution < -0.4 is 4.72 Å². The molecule has 2 aromatic carbocycles. The van der Waals surface area contributed by atoms with Crippen molar-refractivity contribution in [2.45, 2.75) is 30.2 Å². The largest absolute Gasteiger partial charge is 0.242 e. The first-order chi connectivity index (χ1) is 10.5. The van der Waals surface area contributed by atoms with Gasteiger partial charge in [-0.25, -0.2) is 13.1 Å². The molecule has 0 unspecified atom stereocenters. The quantitative estimate of drug-likeness (QED) is 0.889. The smallest absolute Gasteiger partial charge is 0.207 e. The standard InChI is InChI=1S/C16H15Cl2NO2S/c17-12-8-9-14(18)16(10-12)22(20,21)19-15-7-3-5-11-4-1-2-6-13(11)15/h1-2,4,6,8-10,15,19H,3,5,7H2/t15-/m0/s1. The van der Waals surface area contributed by atoms with Gasteiger partial charge in [-0.3, -0.25) is 0 Å². The Labute approximate surface area is 140 Å². The summed E-state index contributed by atoms with van der Waals surface area (Å²) >= 11 is 11.9. The molecule has 0 saturated heterocycles. The molecule has 0 radical (unpaired) electrons. The predicted molar refractivity (Wildman–Crippen MR) is 88.9 cm³/mol. The van der Waals surface area contributed by atoms with Crippen LogP contribution in [0.5, 0.6) is 0 Å². The molecule has 3 nitrogen and oxygen atoms in total. The Morgan fingerprint density at radius 3 is 2.68 bits per heavy atom. The van der Waals surface area contributed by atoms with Crippen molar-refractivity contribution in [2.24, 2.45) is 0 Å². The number of nitrogens with one attached hydrogen (secondary N) is 1. The molecule has 1 aliphatic carbocycles. The summed E-state index contributed by atoms with van der Waals surface area (Å²) in [5.74, 6) is 0. The van der Waals surface area contributed by atoms with Crippen molar-refractivity contribution in [1.29, 1.82) is 0 Å². The highest BCUT2D eigenvalue weighted by Crippen LogP contribution is 2.32. The van der Waals surface area contributed by atoms with Gasteiger partial charge in [0.2, 0.25) is 10.0 Å². The lowest BCUT2D eigenvalue weighted by atomic mass is 9.88. The summed E-state index contributed by atoms with van der Waals surface area (Å²) in [6, 6.07) is 12.1. The topological polar surface area (TPSA) is 46.2 Å². The molecule has 0 spiro atoms. The van der Waals surface area contributed by atoms with Crippen LogP contribution in [0.3, 0.4) is 0 Å². The van der Waals surface area contributed by atoms with Gasteiger partial charge in [0, 0.05) is 11.1 Å². The molecule has 0 heterocycles. The molecule has 1 atom stereocenters. The zero-order valence-electron chi connectivity index (χ0n) is 11.7. The fraction of sp³-hybridized carbons (Fsp3) is 0.250. The zero-order valence-corrected chi connectivity index (χ0v) is 14.0. The van der Waals surface area contributed by atoms with Gasteiger partial charge >= 0.3 is 0 Å². The summed E-state index contributed by atoms with van der Waals surface area (Å²) in [6.07, 6.45) is 2.70. The second-order valence-corrected chi connectivity index (χ2v) is 7.87. The van der Waals surface area contributed by atoms with Gasteiger partial charge in [-0.2, -0.15) is 0 Å². The average Bonchev–Trinajstić information content (AvgIpc) is 2.50. The average molecular weight is 356 g/mol. The first-order valence-corrected chi connectivity index (χ1v) is 9.26. The number of halogens is 2. The number of sulfonamides is 1. The molecule has 116 valence electrons. The van der Waals surface area contributed by atoms with Gasteiger partial charge in [-0.05, 0) is 48.6 Å². The van der Waals surface area contributed by atoms with E-state index in [-0.39, 0.29) is 16.0 Å². The summed E-state index contributed by atoms with van der Waals surface area (Å²) in [5, 5.41) is 0.509. The number of aryl methyl sites for hydroxylation is 1. The Bertz CT molecular complexity index is 806. The minimum atomic E-state index is -3.72. The van der Waals surface area contributed by atoms with E-state index in [1.165, 1.54) is 17.7 Å². The van der Waals surface area contributed by atoms with E-state index >= 15 is 0 Å². The Balaban J connectivity index is 1.95. The molecule has 6 heteroatoms. The fourth-order valence-electron chi connectivity index (χ4n) is 2.81. The van der Waals surface area contributed by atoms with Crippen molar-refractivity contribution in [2.75, 3.05) is 0 Å². The van der Waals surface area contributed by atoms with Crippen molar-refractivity contribution < 1.29 is 8.42 Å². The number of hydrogen-bond acceptors (Lipinski definition) is 2. The van der Waals surface area contributed by atoms with Gasteiger partial charge < -0.3 is 0 Å². The SMILES string of the molecule is O=S(=O)(N[C@H]1CCCc2ccccc21)c1cc(Cl)ccc1Cl. The normalized spacial score (nSPS) is 18.0. The number of rotatable bonds is 3. The number of benzene rings is 2. The van der Waals surface area contributed by atoms with Crippen LogP contribution in [-0.2, 0) is 16.4 Å². The summed E-state index contributed by atoms with van der Waals surface area (Å²) in [4.78, 5) is 0.0183. The molecular formula is C16H15Cl2NO2S. The van der Waals surface area contributed by atoms with E-state index in [1.807, 2.05) is 24.3 Å². The molecule has 1 aliphatic rings. The number of hydrogen-bond donors (Lipinski definition) is 1. The molecule has 2 aromatic rings. The second kappa shape index (κ2) is 6.20. The lowest BCUT2D eigenvalue weighted by molar-refractivity contribution is 0.507. The molecule has 0 aliphatic heterocycles. The third-order valence-electron chi connectivity index (χ3n) is 3.85. The van der Waals surface area contributed by atoms with Crippen molar-refractivity contribution in [1.82, 2.24) is 4.72 Å². The predicted octanol–water partition coefficient (Wildman–Crippen LogP) is 4.35. The zero-order chi connectivity index (χ0) is 15.7. The molecule has 3 rings (SSSR count). The highest BCUT2D eigenvalue weighted by molar-refractivity contribution is 7.89. The van der Waals surface area contributed by atoms with E-state index in [4.69, 9.17) is 23.2 Å². The lowest BCUT2D eigenvalue weighted by Crippen LogP contribution is -2.31. The van der Waals surface area contributed by atoms with Crippen LogP contribution in [0.15, 0.2) is 47.4 Å². The van der Waals surface area contributed by atoms with Crippen LogP contribution in [0.2, 0.25) is 10.0 Å². The Hall–Kier alpha value is -1.07. The molecule has 0 fully saturated rings. The summed E-state index contributed by atoms with van der Waals surface area (Å²) < 4.78 is 28.0. The molecule has 1 N–H and O–H groups in total. The maximum atomic E-state index is 12.6. The van der Waals surface area contributed by atoms with Gasteiger partial charge in [0.15, 0.2) is 0 Å². The first-order valence-electron chi connectivity index (χ1n) is 7.02. The lowest BCUT2D eigenvalue weighted by Gasteiger charge is -2.26. The van der Waals surface area contributed by atoms with E-state index in [0.717, 1.165) is 24.8 Å². The van der Waals surface area contributed by atoms with Gasteiger partial charge in [-0.15, -0.1) is 0 Å². The van der Waals surface area contributed by atoms with E-state index in [1.54, 1.807) is 6.07 Å². The third kappa shape index (κ3) is 3.15. The Morgan fingerprint density at radius 2 is 1.86 bits per heavy atom. The maximum absolute atomic E-state index is 12.6. The van der Waals surface area contributed by atoms with Gasteiger partial charge in [0.1, 0.15) is 4.90 Å². The van der Waals surface area contributed by atoms with Crippen molar-refractivity contribution >= 4 is 33.2 Å². The van der Waals surface area contributed by atoms with E-state index in [0.29, 0.717) is 5.02 Å². The number of fused-ring (bicyclic) bond motifs is 1. The third-order valence-corrected chi connectivity index (χ3v) is 6.04. The Kier molecular flexibility index (Phi) is 4.46. The summed E-state index contributed by atoms with van der Waals surface area (Å²) in [7, 11) is -3.72. The van der Waals surface area contributed by atoms with Crippen molar-refractivity contribution in [3.63, 3.8) is 0 Å². The van der Waals surface area contributed by atoms with Gasteiger partial charge in [-0.1, -0.05) is 47.5 Å².